The Hall–Kier alpha value is -3.31. The molecule has 5 nitrogen and oxygen atoms in total. The predicted molar refractivity (Wildman–Crippen MR) is 128 cm³/mol. The monoisotopic (exact) mass is 447 g/mol. The molecule has 0 atom stereocenters. The number of ether oxygens (including phenoxy) is 1. The Balaban J connectivity index is 1.41. The van der Waals surface area contributed by atoms with E-state index in [1.807, 2.05) is 74.5 Å². The van der Waals surface area contributed by atoms with Gasteiger partial charge in [0.25, 0.3) is 5.91 Å². The largest absolute Gasteiger partial charge is 0.483 e. The molecule has 0 bridgehead atoms. The van der Waals surface area contributed by atoms with Crippen molar-refractivity contribution in [1.29, 1.82) is 0 Å². The molecule has 0 saturated carbocycles. The van der Waals surface area contributed by atoms with Gasteiger partial charge in [0.05, 0.1) is 17.6 Å². The van der Waals surface area contributed by atoms with Crippen LogP contribution in [-0.4, -0.2) is 28.6 Å². The number of hydrogen-bond acceptors (Lipinski definition) is 3. The molecule has 3 aromatic carbocycles. The Morgan fingerprint density at radius 1 is 1.06 bits per heavy atom. The van der Waals surface area contributed by atoms with Crippen molar-refractivity contribution in [3.8, 4) is 5.75 Å². The standard InChI is InChI=1S/C26H26ClN3O2/c1-18-11-12-19(2)24(15-18)32-17-26(31)28-14-13-25-29-22-9-5-6-10-23(22)30(25)16-20-7-3-4-8-21(20)27/h3-12,15H,13-14,16-17H2,1-2H3,(H,28,31). The lowest BCUT2D eigenvalue weighted by atomic mass is 10.1. The molecule has 0 unspecified atom stereocenters. The first-order chi connectivity index (χ1) is 15.5. The van der Waals surface area contributed by atoms with E-state index in [2.05, 4.69) is 16.0 Å². The lowest BCUT2D eigenvalue weighted by molar-refractivity contribution is -0.123. The molecule has 0 saturated heterocycles. The topological polar surface area (TPSA) is 56.1 Å². The van der Waals surface area contributed by atoms with Gasteiger partial charge in [0, 0.05) is 18.0 Å². The van der Waals surface area contributed by atoms with Gasteiger partial charge in [-0.05, 0) is 54.8 Å². The number of halogens is 1. The van der Waals surface area contributed by atoms with E-state index >= 15 is 0 Å². The van der Waals surface area contributed by atoms with E-state index in [0.717, 1.165) is 44.3 Å². The van der Waals surface area contributed by atoms with Crippen molar-refractivity contribution >= 4 is 28.5 Å². The quantitative estimate of drug-likeness (QED) is 0.409. The van der Waals surface area contributed by atoms with Crippen molar-refractivity contribution in [2.75, 3.05) is 13.2 Å². The van der Waals surface area contributed by atoms with Gasteiger partial charge in [-0.1, -0.05) is 54.1 Å². The zero-order valence-electron chi connectivity index (χ0n) is 18.3. The van der Waals surface area contributed by atoms with Crippen molar-refractivity contribution in [3.05, 3.63) is 94.3 Å². The van der Waals surface area contributed by atoms with Gasteiger partial charge in [-0.15, -0.1) is 0 Å². The number of nitrogens with one attached hydrogen (secondary N) is 1. The number of amides is 1. The number of carbonyl (C=O) groups excluding carboxylic acids is 1. The first-order valence-electron chi connectivity index (χ1n) is 10.7. The highest BCUT2D eigenvalue weighted by Gasteiger charge is 2.13. The predicted octanol–water partition coefficient (Wildman–Crippen LogP) is 5.09. The van der Waals surface area contributed by atoms with E-state index < -0.39 is 0 Å². The maximum absolute atomic E-state index is 12.3. The van der Waals surface area contributed by atoms with Crippen molar-refractivity contribution in [2.45, 2.75) is 26.8 Å². The molecule has 0 aliphatic rings. The fourth-order valence-corrected chi connectivity index (χ4v) is 3.86. The normalized spacial score (nSPS) is 11.0. The second-order valence-electron chi connectivity index (χ2n) is 7.85. The number of fused-ring (bicyclic) bond motifs is 1. The summed E-state index contributed by atoms with van der Waals surface area (Å²) in [6, 6.07) is 21.8. The molecule has 1 N–H and O–H groups in total. The van der Waals surface area contributed by atoms with Crippen molar-refractivity contribution < 1.29 is 9.53 Å². The summed E-state index contributed by atoms with van der Waals surface area (Å²) in [6.45, 7) is 5.05. The molecule has 1 aromatic heterocycles. The zero-order valence-corrected chi connectivity index (χ0v) is 19.0. The van der Waals surface area contributed by atoms with Crippen LogP contribution in [0.4, 0.5) is 0 Å². The van der Waals surface area contributed by atoms with E-state index in [0.29, 0.717) is 19.5 Å². The molecule has 0 aliphatic carbocycles. The Labute approximate surface area is 193 Å². The average molecular weight is 448 g/mol. The Kier molecular flexibility index (Phi) is 6.76. The number of aryl methyl sites for hydroxylation is 2. The van der Waals surface area contributed by atoms with Crippen LogP contribution in [0.1, 0.15) is 22.5 Å². The third-order valence-corrected chi connectivity index (χ3v) is 5.76. The lowest BCUT2D eigenvalue weighted by Gasteiger charge is -2.12. The summed E-state index contributed by atoms with van der Waals surface area (Å²) in [6.07, 6.45) is 0.606. The van der Waals surface area contributed by atoms with Crippen LogP contribution in [0.25, 0.3) is 11.0 Å². The number of imidazole rings is 1. The summed E-state index contributed by atoms with van der Waals surface area (Å²) in [7, 11) is 0. The number of carbonyl (C=O) groups is 1. The molecule has 32 heavy (non-hydrogen) atoms. The summed E-state index contributed by atoms with van der Waals surface area (Å²) < 4.78 is 7.86. The van der Waals surface area contributed by atoms with Crippen molar-refractivity contribution in [2.24, 2.45) is 0 Å². The third kappa shape index (κ3) is 5.11. The second-order valence-corrected chi connectivity index (χ2v) is 8.26. The summed E-state index contributed by atoms with van der Waals surface area (Å²) in [5.41, 5.74) is 5.12. The van der Waals surface area contributed by atoms with E-state index in [9.17, 15) is 4.79 Å². The summed E-state index contributed by atoms with van der Waals surface area (Å²) in [5.74, 6) is 1.49. The van der Waals surface area contributed by atoms with Gasteiger partial charge in [0.1, 0.15) is 11.6 Å². The fourth-order valence-electron chi connectivity index (χ4n) is 3.66. The van der Waals surface area contributed by atoms with Crippen LogP contribution in [0.5, 0.6) is 5.75 Å². The van der Waals surface area contributed by atoms with Crippen LogP contribution in [-0.2, 0) is 17.8 Å². The van der Waals surface area contributed by atoms with Crippen LogP contribution < -0.4 is 10.1 Å². The Bertz CT molecular complexity index is 1250. The number of para-hydroxylation sites is 2. The van der Waals surface area contributed by atoms with Gasteiger partial charge in [0.2, 0.25) is 0 Å². The minimum atomic E-state index is -0.153. The van der Waals surface area contributed by atoms with E-state index in [-0.39, 0.29) is 12.5 Å². The van der Waals surface area contributed by atoms with Crippen LogP contribution in [0.3, 0.4) is 0 Å². The van der Waals surface area contributed by atoms with E-state index in [1.165, 1.54) is 0 Å². The fraction of sp³-hybridized carbons (Fsp3) is 0.231. The highest BCUT2D eigenvalue weighted by molar-refractivity contribution is 6.31. The Morgan fingerprint density at radius 2 is 1.84 bits per heavy atom. The maximum Gasteiger partial charge on any atom is 0.257 e. The third-order valence-electron chi connectivity index (χ3n) is 5.39. The molecular formula is C26H26ClN3O2. The molecule has 4 rings (SSSR count). The van der Waals surface area contributed by atoms with Gasteiger partial charge in [0.15, 0.2) is 6.61 Å². The molecule has 0 aliphatic heterocycles. The average Bonchev–Trinajstić information content (AvgIpc) is 3.13. The molecule has 0 radical (unpaired) electrons. The molecular weight excluding hydrogens is 422 g/mol. The van der Waals surface area contributed by atoms with Gasteiger partial charge >= 0.3 is 0 Å². The molecule has 1 amide bonds. The van der Waals surface area contributed by atoms with Crippen LogP contribution >= 0.6 is 11.6 Å². The van der Waals surface area contributed by atoms with Crippen molar-refractivity contribution in [3.63, 3.8) is 0 Å². The van der Waals surface area contributed by atoms with Gasteiger partial charge < -0.3 is 14.6 Å². The van der Waals surface area contributed by atoms with E-state index in [4.69, 9.17) is 21.3 Å². The molecule has 6 heteroatoms. The first kappa shape index (κ1) is 21.9. The summed E-state index contributed by atoms with van der Waals surface area (Å²) in [4.78, 5) is 17.1. The minimum absolute atomic E-state index is 0.0136. The number of rotatable bonds is 8. The SMILES string of the molecule is Cc1ccc(C)c(OCC(=O)NCCc2nc3ccccc3n2Cc2ccccc2Cl)c1. The number of benzene rings is 3. The van der Waals surface area contributed by atoms with Crippen LogP contribution in [0.15, 0.2) is 66.7 Å². The number of hydrogen-bond donors (Lipinski definition) is 1. The molecule has 0 spiro atoms. The smallest absolute Gasteiger partial charge is 0.257 e. The van der Waals surface area contributed by atoms with E-state index in [1.54, 1.807) is 0 Å². The second kappa shape index (κ2) is 9.88. The van der Waals surface area contributed by atoms with Crippen LogP contribution in [0.2, 0.25) is 5.02 Å². The van der Waals surface area contributed by atoms with Gasteiger partial charge in [-0.2, -0.15) is 0 Å². The lowest BCUT2D eigenvalue weighted by Crippen LogP contribution is -2.31. The summed E-state index contributed by atoms with van der Waals surface area (Å²) >= 11 is 6.39. The molecule has 4 aromatic rings. The molecule has 164 valence electrons. The first-order valence-corrected chi connectivity index (χ1v) is 11.0. The molecule has 1 heterocycles. The number of nitrogens with zero attached hydrogens (tertiary/aromatic N) is 2. The van der Waals surface area contributed by atoms with Gasteiger partial charge in [-0.25, -0.2) is 4.98 Å². The highest BCUT2D eigenvalue weighted by Crippen LogP contribution is 2.22. The van der Waals surface area contributed by atoms with Crippen LogP contribution in [0, 0.1) is 13.8 Å². The zero-order chi connectivity index (χ0) is 22.5. The molecule has 0 fully saturated rings. The number of aromatic nitrogens is 2. The maximum atomic E-state index is 12.3. The van der Waals surface area contributed by atoms with Crippen molar-refractivity contribution in [1.82, 2.24) is 14.9 Å². The Morgan fingerprint density at radius 3 is 2.69 bits per heavy atom. The highest BCUT2D eigenvalue weighted by atomic mass is 35.5. The van der Waals surface area contributed by atoms with Gasteiger partial charge in [-0.3, -0.25) is 4.79 Å². The minimum Gasteiger partial charge on any atom is -0.483 e. The summed E-state index contributed by atoms with van der Waals surface area (Å²) in [5, 5.41) is 3.67.